The van der Waals surface area contributed by atoms with Crippen LogP contribution in [0.3, 0.4) is 0 Å². The van der Waals surface area contributed by atoms with Gasteiger partial charge >= 0.3 is 5.97 Å². The summed E-state index contributed by atoms with van der Waals surface area (Å²) in [4.78, 5) is 13.1. The molecule has 0 radical (unpaired) electrons. The van der Waals surface area contributed by atoms with Crippen LogP contribution in [-0.4, -0.2) is 24.7 Å². The molecule has 2 rings (SSSR count). The normalized spacial score (nSPS) is 15.6. The Bertz CT molecular complexity index is 385. The summed E-state index contributed by atoms with van der Waals surface area (Å²) in [6.45, 7) is 0.963. The molecule has 0 aromatic heterocycles. The number of rotatable bonds is 4. The second-order valence-corrected chi connectivity index (χ2v) is 4.50. The zero-order chi connectivity index (χ0) is 11.5. The number of carbonyl (C=O) groups is 1. The highest BCUT2D eigenvalue weighted by molar-refractivity contribution is 5.94. The molecule has 1 aliphatic carbocycles. The summed E-state index contributed by atoms with van der Waals surface area (Å²) in [6.07, 6.45) is 3.87. The van der Waals surface area contributed by atoms with Crippen LogP contribution in [0, 0.1) is 5.92 Å². The van der Waals surface area contributed by atoms with Crippen LogP contribution < -0.4 is 4.90 Å². The second-order valence-electron chi connectivity index (χ2n) is 4.50. The summed E-state index contributed by atoms with van der Waals surface area (Å²) in [7, 11) is 1.97. The molecular weight excluding hydrogens is 202 g/mol. The Morgan fingerprint density at radius 2 is 2.12 bits per heavy atom. The highest BCUT2D eigenvalue weighted by Crippen LogP contribution is 2.29. The third kappa shape index (κ3) is 2.18. The minimum absolute atomic E-state index is 0.393. The maximum atomic E-state index is 11.1. The van der Waals surface area contributed by atoms with Crippen LogP contribution >= 0.6 is 0 Å². The van der Waals surface area contributed by atoms with E-state index in [0.717, 1.165) is 18.2 Å². The predicted molar refractivity (Wildman–Crippen MR) is 64.0 cm³/mol. The third-order valence-corrected chi connectivity index (χ3v) is 3.30. The fourth-order valence-electron chi connectivity index (χ4n) is 2.15. The van der Waals surface area contributed by atoms with Crippen molar-refractivity contribution in [3.05, 3.63) is 29.8 Å². The van der Waals surface area contributed by atoms with Gasteiger partial charge in [-0.1, -0.05) is 18.6 Å². The van der Waals surface area contributed by atoms with Gasteiger partial charge in [0.15, 0.2) is 0 Å². The molecule has 0 unspecified atom stereocenters. The third-order valence-electron chi connectivity index (χ3n) is 3.30. The van der Waals surface area contributed by atoms with Gasteiger partial charge in [0.25, 0.3) is 0 Å². The van der Waals surface area contributed by atoms with Crippen molar-refractivity contribution in [3.8, 4) is 0 Å². The maximum Gasteiger partial charge on any atom is 0.337 e. The Balaban J connectivity index is 2.14. The van der Waals surface area contributed by atoms with Gasteiger partial charge in [-0.2, -0.15) is 0 Å². The van der Waals surface area contributed by atoms with E-state index in [0.29, 0.717) is 5.56 Å². The van der Waals surface area contributed by atoms with Gasteiger partial charge in [-0.05, 0) is 30.9 Å². The summed E-state index contributed by atoms with van der Waals surface area (Å²) < 4.78 is 0. The van der Waals surface area contributed by atoms with Gasteiger partial charge in [-0.15, -0.1) is 0 Å². The summed E-state index contributed by atoms with van der Waals surface area (Å²) in [6, 6.07) is 7.19. The summed E-state index contributed by atoms with van der Waals surface area (Å²) in [5.74, 6) is -0.108. The van der Waals surface area contributed by atoms with Crippen molar-refractivity contribution in [1.29, 1.82) is 0 Å². The van der Waals surface area contributed by atoms with E-state index in [1.54, 1.807) is 12.1 Å². The Hall–Kier alpha value is -1.51. The van der Waals surface area contributed by atoms with Crippen LogP contribution in [0.4, 0.5) is 5.69 Å². The van der Waals surface area contributed by atoms with Gasteiger partial charge in [0.05, 0.1) is 11.3 Å². The lowest BCUT2D eigenvalue weighted by Crippen LogP contribution is -2.30. The van der Waals surface area contributed by atoms with Crippen LogP contribution in [-0.2, 0) is 0 Å². The summed E-state index contributed by atoms with van der Waals surface area (Å²) >= 11 is 0. The molecule has 3 nitrogen and oxygen atoms in total. The number of para-hydroxylation sites is 1. The molecule has 1 saturated carbocycles. The van der Waals surface area contributed by atoms with Crippen molar-refractivity contribution < 1.29 is 9.90 Å². The first kappa shape index (κ1) is 11.0. The van der Waals surface area contributed by atoms with E-state index in [1.165, 1.54) is 19.3 Å². The summed E-state index contributed by atoms with van der Waals surface area (Å²) in [5, 5.41) is 9.09. The van der Waals surface area contributed by atoms with Gasteiger partial charge in [-0.3, -0.25) is 0 Å². The zero-order valence-corrected chi connectivity index (χ0v) is 9.52. The van der Waals surface area contributed by atoms with Crippen LogP contribution in [0.1, 0.15) is 29.6 Å². The molecule has 1 fully saturated rings. The van der Waals surface area contributed by atoms with Crippen molar-refractivity contribution in [2.75, 3.05) is 18.5 Å². The standard InChI is InChI=1S/C13H17NO2/c1-14(9-10-5-4-6-10)12-8-3-2-7-11(12)13(15)16/h2-3,7-8,10H,4-6,9H2,1H3,(H,15,16). The molecule has 3 heteroatoms. The Morgan fingerprint density at radius 3 is 2.69 bits per heavy atom. The van der Waals surface area contributed by atoms with Crippen molar-refractivity contribution in [2.24, 2.45) is 5.92 Å². The largest absolute Gasteiger partial charge is 0.478 e. The van der Waals surface area contributed by atoms with Crippen LogP contribution in [0.2, 0.25) is 0 Å². The number of hydrogen-bond acceptors (Lipinski definition) is 2. The molecule has 0 amide bonds. The molecule has 0 bridgehead atoms. The van der Waals surface area contributed by atoms with Crippen molar-refractivity contribution in [3.63, 3.8) is 0 Å². The highest BCUT2D eigenvalue weighted by atomic mass is 16.4. The van der Waals surface area contributed by atoms with E-state index < -0.39 is 5.97 Å². The van der Waals surface area contributed by atoms with Crippen molar-refractivity contribution in [2.45, 2.75) is 19.3 Å². The van der Waals surface area contributed by atoms with Gasteiger partial charge in [0.1, 0.15) is 0 Å². The Morgan fingerprint density at radius 1 is 1.44 bits per heavy atom. The number of nitrogens with zero attached hydrogens (tertiary/aromatic N) is 1. The van der Waals surface area contributed by atoms with Crippen LogP contribution in [0.15, 0.2) is 24.3 Å². The average molecular weight is 219 g/mol. The van der Waals surface area contributed by atoms with Gasteiger partial charge in [0, 0.05) is 13.6 Å². The molecule has 0 spiro atoms. The lowest BCUT2D eigenvalue weighted by atomic mass is 9.85. The lowest BCUT2D eigenvalue weighted by molar-refractivity contribution is 0.0697. The number of hydrogen-bond donors (Lipinski definition) is 1. The van der Waals surface area contributed by atoms with Crippen LogP contribution in [0.25, 0.3) is 0 Å². The topological polar surface area (TPSA) is 40.5 Å². The van der Waals surface area contributed by atoms with E-state index in [1.807, 2.05) is 19.2 Å². The molecule has 86 valence electrons. The van der Waals surface area contributed by atoms with E-state index in [9.17, 15) is 4.79 Å². The molecule has 1 aliphatic rings. The Labute approximate surface area is 95.7 Å². The van der Waals surface area contributed by atoms with E-state index in [-0.39, 0.29) is 0 Å². The number of aromatic carboxylic acids is 1. The first-order valence-corrected chi connectivity index (χ1v) is 5.72. The molecular formula is C13H17NO2. The Kier molecular flexibility index (Phi) is 3.13. The number of benzene rings is 1. The predicted octanol–water partition coefficient (Wildman–Crippen LogP) is 2.62. The van der Waals surface area contributed by atoms with Crippen molar-refractivity contribution >= 4 is 11.7 Å². The fourth-order valence-corrected chi connectivity index (χ4v) is 2.15. The second kappa shape index (κ2) is 4.56. The fraction of sp³-hybridized carbons (Fsp3) is 0.462. The molecule has 0 heterocycles. The molecule has 16 heavy (non-hydrogen) atoms. The number of carboxylic acids is 1. The molecule has 1 aromatic rings. The van der Waals surface area contributed by atoms with E-state index in [2.05, 4.69) is 4.90 Å². The number of carboxylic acid groups (broad SMARTS) is 1. The monoisotopic (exact) mass is 219 g/mol. The minimum Gasteiger partial charge on any atom is -0.478 e. The van der Waals surface area contributed by atoms with Gasteiger partial charge in [-0.25, -0.2) is 4.79 Å². The first-order valence-electron chi connectivity index (χ1n) is 5.72. The first-order chi connectivity index (χ1) is 7.68. The summed E-state index contributed by atoms with van der Waals surface area (Å²) in [5.41, 5.74) is 1.21. The maximum absolute atomic E-state index is 11.1. The van der Waals surface area contributed by atoms with Gasteiger partial charge < -0.3 is 10.0 Å². The van der Waals surface area contributed by atoms with E-state index in [4.69, 9.17) is 5.11 Å². The lowest BCUT2D eigenvalue weighted by Gasteiger charge is -2.31. The average Bonchev–Trinajstić information content (AvgIpc) is 2.23. The number of anilines is 1. The highest BCUT2D eigenvalue weighted by Gasteiger charge is 2.21. The van der Waals surface area contributed by atoms with E-state index >= 15 is 0 Å². The molecule has 0 atom stereocenters. The molecule has 0 saturated heterocycles. The smallest absolute Gasteiger partial charge is 0.337 e. The molecule has 1 N–H and O–H groups in total. The van der Waals surface area contributed by atoms with Crippen molar-refractivity contribution in [1.82, 2.24) is 0 Å². The zero-order valence-electron chi connectivity index (χ0n) is 9.52. The minimum atomic E-state index is -0.851. The molecule has 1 aromatic carbocycles. The SMILES string of the molecule is CN(CC1CCC1)c1ccccc1C(=O)O. The van der Waals surface area contributed by atoms with Gasteiger partial charge in [0.2, 0.25) is 0 Å². The quantitative estimate of drug-likeness (QED) is 0.846. The molecule has 0 aliphatic heterocycles. The van der Waals surface area contributed by atoms with Crippen LogP contribution in [0.5, 0.6) is 0 Å².